The summed E-state index contributed by atoms with van der Waals surface area (Å²) in [5.74, 6) is -0.936. The van der Waals surface area contributed by atoms with E-state index in [0.29, 0.717) is 13.1 Å². The zero-order chi connectivity index (χ0) is 21.4. The van der Waals surface area contributed by atoms with Gasteiger partial charge in [0.1, 0.15) is 6.61 Å². The number of carboxylic acids is 1. The summed E-state index contributed by atoms with van der Waals surface area (Å²) in [5.41, 5.74) is 6.98. The molecule has 0 aromatic heterocycles. The minimum Gasteiger partial charge on any atom is -0.478 e. The van der Waals surface area contributed by atoms with Gasteiger partial charge >= 0.3 is 12.1 Å². The first-order valence-corrected chi connectivity index (χ1v) is 10.6. The van der Waals surface area contributed by atoms with Gasteiger partial charge in [-0.25, -0.2) is 9.59 Å². The Morgan fingerprint density at radius 3 is 2.29 bits per heavy atom. The van der Waals surface area contributed by atoms with Crippen molar-refractivity contribution in [2.75, 3.05) is 13.2 Å². The molecule has 5 rings (SSSR count). The Balaban J connectivity index is 1.33. The number of ether oxygens (including phenoxy) is 1. The first-order valence-electron chi connectivity index (χ1n) is 10.6. The number of amides is 1. The van der Waals surface area contributed by atoms with E-state index in [9.17, 15) is 14.7 Å². The summed E-state index contributed by atoms with van der Waals surface area (Å²) in [6.45, 7) is 1.24. The molecule has 156 valence electrons. The second-order valence-electron chi connectivity index (χ2n) is 8.12. The molecule has 31 heavy (non-hydrogen) atoms. The van der Waals surface area contributed by atoms with E-state index in [0.717, 1.165) is 24.0 Å². The van der Waals surface area contributed by atoms with Crippen LogP contribution in [0, 0.1) is 0 Å². The highest BCUT2D eigenvalue weighted by molar-refractivity contribution is 5.88. The minimum atomic E-state index is -0.959. The Labute approximate surface area is 180 Å². The number of hydrogen-bond acceptors (Lipinski definition) is 3. The highest BCUT2D eigenvalue weighted by Gasteiger charge is 2.30. The van der Waals surface area contributed by atoms with Crippen LogP contribution in [0.5, 0.6) is 0 Å². The summed E-state index contributed by atoms with van der Waals surface area (Å²) < 4.78 is 5.80. The second-order valence-corrected chi connectivity index (χ2v) is 8.12. The number of nitrogens with zero attached hydrogens (tertiary/aromatic N) is 1. The molecular formula is C26H23NO4. The van der Waals surface area contributed by atoms with Crippen molar-refractivity contribution in [2.45, 2.75) is 25.3 Å². The number of aryl methyl sites for hydroxylation is 1. The molecule has 3 aromatic carbocycles. The molecule has 2 aliphatic rings. The van der Waals surface area contributed by atoms with Gasteiger partial charge in [0.25, 0.3) is 0 Å². The van der Waals surface area contributed by atoms with Crippen LogP contribution in [0.4, 0.5) is 4.79 Å². The summed E-state index contributed by atoms with van der Waals surface area (Å²) >= 11 is 0. The molecule has 0 unspecified atom stereocenters. The van der Waals surface area contributed by atoms with Crippen LogP contribution in [0.2, 0.25) is 0 Å². The molecule has 0 atom stereocenters. The van der Waals surface area contributed by atoms with E-state index >= 15 is 0 Å². The van der Waals surface area contributed by atoms with Gasteiger partial charge in [-0.3, -0.25) is 0 Å². The standard InChI is InChI=1S/C26H23NO4/c28-25(29)18-12-11-17-6-5-13-27(15-19(17)14-18)26(30)31-16-24-22-9-3-1-7-20(22)21-8-2-4-10-23(21)24/h1-4,7-12,14,24H,5-6,13,15-16H2,(H,28,29). The molecule has 0 spiro atoms. The first kappa shape index (κ1) is 19.4. The lowest BCUT2D eigenvalue weighted by molar-refractivity contribution is 0.0696. The SMILES string of the molecule is O=C(O)c1ccc2c(c1)CN(C(=O)OCC1c3ccccc3-c3ccccc31)CCC2. The van der Waals surface area contributed by atoms with Crippen molar-refractivity contribution in [3.05, 3.63) is 94.5 Å². The van der Waals surface area contributed by atoms with Gasteiger partial charge in [0.2, 0.25) is 0 Å². The second kappa shape index (κ2) is 7.91. The average Bonchev–Trinajstić information content (AvgIpc) is 2.95. The summed E-state index contributed by atoms with van der Waals surface area (Å²) in [4.78, 5) is 26.0. The van der Waals surface area contributed by atoms with Gasteiger partial charge in [-0.15, -0.1) is 0 Å². The lowest BCUT2D eigenvalue weighted by Crippen LogP contribution is -2.32. The van der Waals surface area contributed by atoms with Crippen LogP contribution in [0.1, 0.15) is 45.0 Å². The van der Waals surface area contributed by atoms with Crippen LogP contribution in [0.15, 0.2) is 66.7 Å². The highest BCUT2D eigenvalue weighted by atomic mass is 16.6. The van der Waals surface area contributed by atoms with Crippen molar-refractivity contribution >= 4 is 12.1 Å². The molecular weight excluding hydrogens is 390 g/mol. The average molecular weight is 413 g/mol. The minimum absolute atomic E-state index is 0.0224. The van der Waals surface area contributed by atoms with E-state index in [2.05, 4.69) is 24.3 Å². The third-order valence-electron chi connectivity index (χ3n) is 6.28. The molecule has 0 saturated heterocycles. The van der Waals surface area contributed by atoms with Gasteiger partial charge in [-0.05, 0) is 58.4 Å². The van der Waals surface area contributed by atoms with Crippen LogP contribution in [0.25, 0.3) is 11.1 Å². The third kappa shape index (κ3) is 3.56. The fourth-order valence-electron chi connectivity index (χ4n) is 4.74. The molecule has 5 heteroatoms. The number of carbonyl (C=O) groups is 2. The number of rotatable bonds is 3. The summed E-state index contributed by atoms with van der Waals surface area (Å²) in [5, 5.41) is 9.29. The molecule has 3 aromatic rings. The van der Waals surface area contributed by atoms with E-state index in [1.54, 1.807) is 17.0 Å². The molecule has 5 nitrogen and oxygen atoms in total. The van der Waals surface area contributed by atoms with Crippen molar-refractivity contribution in [3.8, 4) is 11.1 Å². The fraction of sp³-hybridized carbons (Fsp3) is 0.231. The lowest BCUT2D eigenvalue weighted by atomic mass is 9.98. The van der Waals surface area contributed by atoms with Crippen LogP contribution in [0.3, 0.4) is 0 Å². The van der Waals surface area contributed by atoms with Crippen LogP contribution in [-0.2, 0) is 17.7 Å². The number of carbonyl (C=O) groups excluding carboxylic acids is 1. The molecule has 0 saturated carbocycles. The Bertz CT molecular complexity index is 1120. The smallest absolute Gasteiger partial charge is 0.410 e. The van der Waals surface area contributed by atoms with Crippen molar-refractivity contribution in [1.82, 2.24) is 4.90 Å². The number of fused-ring (bicyclic) bond motifs is 4. The van der Waals surface area contributed by atoms with E-state index in [1.165, 1.54) is 22.3 Å². The third-order valence-corrected chi connectivity index (χ3v) is 6.28. The Hall–Kier alpha value is -3.60. The van der Waals surface area contributed by atoms with Crippen LogP contribution in [-0.4, -0.2) is 35.2 Å². The zero-order valence-corrected chi connectivity index (χ0v) is 17.1. The van der Waals surface area contributed by atoms with Gasteiger partial charge in [0, 0.05) is 19.0 Å². The van der Waals surface area contributed by atoms with Crippen LogP contribution >= 0.6 is 0 Å². The molecule has 1 aliphatic heterocycles. The summed E-state index contributed by atoms with van der Waals surface area (Å²) in [7, 11) is 0. The molecule has 0 fully saturated rings. The topological polar surface area (TPSA) is 66.8 Å². The number of hydrogen-bond donors (Lipinski definition) is 1. The highest BCUT2D eigenvalue weighted by Crippen LogP contribution is 2.44. The van der Waals surface area contributed by atoms with E-state index < -0.39 is 5.97 Å². The summed E-state index contributed by atoms with van der Waals surface area (Å²) in [6.07, 6.45) is 1.29. The van der Waals surface area contributed by atoms with Crippen LogP contribution < -0.4 is 0 Å². The molecule has 1 aliphatic carbocycles. The number of benzene rings is 3. The Morgan fingerprint density at radius 2 is 1.61 bits per heavy atom. The fourth-order valence-corrected chi connectivity index (χ4v) is 4.74. The Morgan fingerprint density at radius 1 is 0.935 bits per heavy atom. The molecule has 1 amide bonds. The quantitative estimate of drug-likeness (QED) is 0.650. The maximum absolute atomic E-state index is 12.9. The summed E-state index contributed by atoms with van der Waals surface area (Å²) in [6, 6.07) is 21.7. The monoisotopic (exact) mass is 413 g/mol. The normalized spacial score (nSPS) is 14.9. The predicted molar refractivity (Wildman–Crippen MR) is 117 cm³/mol. The number of carboxylic acid groups (broad SMARTS) is 1. The van der Waals surface area contributed by atoms with E-state index in [-0.39, 0.29) is 24.2 Å². The molecule has 0 radical (unpaired) electrons. The molecule has 0 bridgehead atoms. The van der Waals surface area contributed by atoms with Gasteiger partial charge in [0.15, 0.2) is 0 Å². The Kier molecular flexibility index (Phi) is 4.94. The van der Waals surface area contributed by atoms with Gasteiger partial charge in [0.05, 0.1) is 5.56 Å². The van der Waals surface area contributed by atoms with Gasteiger partial charge in [-0.2, -0.15) is 0 Å². The first-order chi connectivity index (χ1) is 15.1. The lowest BCUT2D eigenvalue weighted by Gasteiger charge is -2.22. The van der Waals surface area contributed by atoms with Crippen molar-refractivity contribution in [2.24, 2.45) is 0 Å². The predicted octanol–water partition coefficient (Wildman–Crippen LogP) is 5.08. The largest absolute Gasteiger partial charge is 0.478 e. The van der Waals surface area contributed by atoms with Crippen molar-refractivity contribution < 1.29 is 19.4 Å². The zero-order valence-electron chi connectivity index (χ0n) is 17.1. The van der Waals surface area contributed by atoms with Crippen molar-refractivity contribution in [3.63, 3.8) is 0 Å². The number of aromatic carboxylic acids is 1. The maximum atomic E-state index is 12.9. The van der Waals surface area contributed by atoms with E-state index in [4.69, 9.17) is 4.74 Å². The molecule has 1 N–H and O–H groups in total. The van der Waals surface area contributed by atoms with Gasteiger partial charge in [-0.1, -0.05) is 54.6 Å². The molecule has 1 heterocycles. The van der Waals surface area contributed by atoms with E-state index in [1.807, 2.05) is 30.3 Å². The van der Waals surface area contributed by atoms with Crippen molar-refractivity contribution in [1.29, 1.82) is 0 Å². The maximum Gasteiger partial charge on any atom is 0.410 e. The van der Waals surface area contributed by atoms with Gasteiger partial charge < -0.3 is 14.7 Å².